The minimum atomic E-state index is -0.777. The van der Waals surface area contributed by atoms with Crippen molar-refractivity contribution in [1.29, 1.82) is 0 Å². The van der Waals surface area contributed by atoms with Crippen LogP contribution in [0.1, 0.15) is 39.5 Å². The van der Waals surface area contributed by atoms with Gasteiger partial charge in [-0.15, -0.1) is 5.06 Å². The maximum absolute atomic E-state index is 12.7. The van der Waals surface area contributed by atoms with Crippen LogP contribution < -0.4 is 10.6 Å². The summed E-state index contributed by atoms with van der Waals surface area (Å²) in [6.07, 6.45) is -0.0533. The number of hydrogen-bond donors (Lipinski definition) is 2. The van der Waals surface area contributed by atoms with Crippen LogP contribution in [0.5, 0.6) is 0 Å². The molecule has 11 nitrogen and oxygen atoms in total. The zero-order chi connectivity index (χ0) is 23.2. The highest BCUT2D eigenvalue weighted by molar-refractivity contribution is 6.01. The molecule has 174 valence electrons. The monoisotopic (exact) mass is 447 g/mol. The maximum Gasteiger partial charge on any atom is 0.334 e. The van der Waals surface area contributed by atoms with E-state index in [0.717, 1.165) is 19.6 Å². The highest BCUT2D eigenvalue weighted by atomic mass is 16.8. The van der Waals surface area contributed by atoms with Gasteiger partial charge >= 0.3 is 5.97 Å². The summed E-state index contributed by atoms with van der Waals surface area (Å²) in [7, 11) is 4.05. The van der Waals surface area contributed by atoms with E-state index >= 15 is 0 Å². The number of carbonyl (C=O) groups is 5. The number of carbonyl (C=O) groups excluding carboxylic acids is 5. The Labute approximate surface area is 182 Å². The molecule has 0 spiro atoms. The van der Waals surface area contributed by atoms with Gasteiger partial charge in [-0.05, 0) is 27.9 Å². The Bertz CT molecular complexity index is 709. The van der Waals surface area contributed by atoms with Crippen molar-refractivity contribution in [1.82, 2.24) is 25.5 Å². The van der Waals surface area contributed by atoms with E-state index in [9.17, 15) is 24.0 Å². The van der Waals surface area contributed by atoms with Crippen LogP contribution in [-0.4, -0.2) is 97.3 Å². The second kappa shape index (κ2) is 10.7. The molecular weight excluding hydrogens is 414 g/mol. The van der Waals surface area contributed by atoms with E-state index < -0.39 is 23.2 Å². The average Bonchev–Trinajstić information content (AvgIpc) is 3.01. The van der Waals surface area contributed by atoms with Crippen molar-refractivity contribution in [2.45, 2.75) is 45.6 Å². The fourth-order valence-corrected chi connectivity index (χ4v) is 3.66. The third kappa shape index (κ3) is 6.73. The summed E-state index contributed by atoms with van der Waals surface area (Å²) in [5.74, 6) is -2.32. The van der Waals surface area contributed by atoms with Gasteiger partial charge in [-0.1, -0.05) is 0 Å². The molecule has 2 rings (SSSR count). The number of likely N-dealkylation sites (N-methyl/N-ethyl adjacent to an activating group) is 2. The lowest BCUT2D eigenvalue weighted by atomic mass is 9.99. The molecule has 0 saturated carbocycles. The standard InChI is InChI=1S/C20H33N5O6/c1-20(2,14-13-23(3)11-12-24(14)4)19(30)22-9-7-15(26)21-10-8-18(29)31-25-16(27)5-6-17(25)28/h14H,5-13H2,1-4H3,(H,21,26)(H,22,30)/i3+1,4+1,11+1,12+1,13+1,14+1,18+1,21+1. The number of piperazine rings is 1. The van der Waals surface area contributed by atoms with Gasteiger partial charge in [-0.2, -0.15) is 0 Å². The van der Waals surface area contributed by atoms with E-state index in [0.29, 0.717) is 5.06 Å². The summed E-state index contributed by atoms with van der Waals surface area (Å²) >= 11 is 0. The van der Waals surface area contributed by atoms with Crippen molar-refractivity contribution < 1.29 is 28.8 Å². The number of nitrogens with one attached hydrogen (secondary N) is 2. The normalized spacial score (nSPS) is 20.6. The van der Waals surface area contributed by atoms with Gasteiger partial charge in [-0.3, -0.25) is 24.1 Å². The lowest BCUT2D eigenvalue weighted by molar-refractivity contribution is -0.197. The minimum Gasteiger partial charge on any atom is -0.355 e. The molecule has 1 atom stereocenters. The number of nitrogens with zero attached hydrogens (tertiary/aromatic N) is 3. The third-order valence-corrected chi connectivity index (χ3v) is 5.76. The first-order valence-corrected chi connectivity index (χ1v) is 10.5. The Morgan fingerprint density at radius 2 is 1.61 bits per heavy atom. The predicted molar refractivity (Wildman–Crippen MR) is 110 cm³/mol. The molecule has 0 bridgehead atoms. The molecule has 0 aromatic heterocycles. The quantitative estimate of drug-likeness (QED) is 0.258. The van der Waals surface area contributed by atoms with Gasteiger partial charge < -0.3 is 20.4 Å². The summed E-state index contributed by atoms with van der Waals surface area (Å²) in [5.41, 5.74) is -0.617. The molecular formula is C20H33N5O6. The van der Waals surface area contributed by atoms with Gasteiger partial charge in [-0.25, -0.2) is 4.79 Å². The van der Waals surface area contributed by atoms with Crippen LogP contribution in [0.4, 0.5) is 0 Å². The second-order valence-corrected chi connectivity index (χ2v) is 8.63. The zero-order valence-corrected chi connectivity index (χ0v) is 18.7. The molecule has 0 aromatic rings. The minimum absolute atomic E-state index is 0.00648. The Kier molecular flexibility index (Phi) is 8.52. The van der Waals surface area contributed by atoms with Gasteiger partial charge in [0.2, 0.25) is 11.8 Å². The Morgan fingerprint density at radius 3 is 2.26 bits per heavy atom. The molecule has 2 aliphatic heterocycles. The van der Waals surface area contributed by atoms with Crippen LogP contribution in [0, 0.1) is 5.41 Å². The number of rotatable bonds is 9. The summed E-state index contributed by atoms with van der Waals surface area (Å²) in [6.45, 7) is 6.65. The summed E-state index contributed by atoms with van der Waals surface area (Å²) in [5, 5.41) is 5.86. The molecule has 0 radical (unpaired) electrons. The maximum atomic E-state index is 12.7. The molecule has 2 aliphatic rings. The second-order valence-electron chi connectivity index (χ2n) is 8.63. The first-order valence-electron chi connectivity index (χ1n) is 10.5. The molecule has 31 heavy (non-hydrogen) atoms. The fraction of sp³-hybridized carbons (Fsp3) is 0.750. The highest BCUT2D eigenvalue weighted by Crippen LogP contribution is 2.27. The van der Waals surface area contributed by atoms with E-state index in [1.165, 1.54) is 0 Å². The first-order chi connectivity index (χ1) is 14.5. The van der Waals surface area contributed by atoms with Crippen molar-refractivity contribution in [2.24, 2.45) is 5.41 Å². The molecule has 2 fully saturated rings. The van der Waals surface area contributed by atoms with Crippen molar-refractivity contribution in [2.75, 3.05) is 46.8 Å². The summed E-state index contributed by atoms with van der Waals surface area (Å²) < 4.78 is 0. The summed E-state index contributed by atoms with van der Waals surface area (Å²) in [6, 6.07) is 0.0699. The van der Waals surface area contributed by atoms with Gasteiger partial charge in [0, 0.05) is 58.0 Å². The topological polar surface area (TPSA) is 128 Å². The number of amides is 4. The Balaban J connectivity index is 1.65. The molecule has 2 saturated heterocycles. The van der Waals surface area contributed by atoms with Crippen LogP contribution in [0.2, 0.25) is 0 Å². The number of imide groups is 1. The lowest BCUT2D eigenvalue weighted by Gasteiger charge is -2.45. The van der Waals surface area contributed by atoms with Crippen LogP contribution in [-0.2, 0) is 28.8 Å². The SMILES string of the molecule is CC(C)(C(=O)NCCC(=O)[15NH]CC[13C](=O)ON1C(=O)CCC1=O)[13CH]1[13CH2]N([13CH3])[13CH2][13CH2]N1[13CH3]. The molecule has 2 N–H and O–H groups in total. The van der Waals surface area contributed by atoms with Crippen molar-refractivity contribution in [3.63, 3.8) is 0 Å². The van der Waals surface area contributed by atoms with Gasteiger partial charge in [0.05, 0.1) is 11.8 Å². The van der Waals surface area contributed by atoms with Crippen LogP contribution in [0.15, 0.2) is 0 Å². The van der Waals surface area contributed by atoms with Crippen molar-refractivity contribution >= 4 is 29.6 Å². The molecule has 11 heteroatoms. The van der Waals surface area contributed by atoms with Crippen molar-refractivity contribution in [3.8, 4) is 0 Å². The van der Waals surface area contributed by atoms with Crippen LogP contribution >= 0.6 is 0 Å². The number of hydrogen-bond acceptors (Lipinski definition) is 8. The molecule has 1 unspecified atom stereocenters. The average molecular weight is 447 g/mol. The number of hydroxylamine groups is 2. The third-order valence-electron chi connectivity index (χ3n) is 5.76. The van der Waals surface area contributed by atoms with Gasteiger partial charge in [0.1, 0.15) is 0 Å². The van der Waals surface area contributed by atoms with Gasteiger partial charge in [0.25, 0.3) is 11.8 Å². The van der Waals surface area contributed by atoms with Crippen LogP contribution in [0.3, 0.4) is 0 Å². The fourth-order valence-electron chi connectivity index (χ4n) is 3.66. The predicted octanol–water partition coefficient (Wildman–Crippen LogP) is -1.12. The lowest BCUT2D eigenvalue weighted by Crippen LogP contribution is -2.60. The Hall–Kier alpha value is -2.53. The summed E-state index contributed by atoms with van der Waals surface area (Å²) in [4.78, 5) is 68.3. The van der Waals surface area contributed by atoms with Crippen molar-refractivity contribution in [3.05, 3.63) is 0 Å². The zero-order valence-electron chi connectivity index (χ0n) is 18.7. The van der Waals surface area contributed by atoms with E-state index in [1.807, 2.05) is 27.9 Å². The molecule has 0 aliphatic carbocycles. The molecule has 2 heterocycles. The van der Waals surface area contributed by atoms with E-state index in [1.54, 1.807) is 0 Å². The molecule has 0 aromatic carbocycles. The van der Waals surface area contributed by atoms with E-state index in [4.69, 9.17) is 4.84 Å². The largest absolute Gasteiger partial charge is 0.355 e. The van der Waals surface area contributed by atoms with Crippen LogP contribution in [0.25, 0.3) is 0 Å². The van der Waals surface area contributed by atoms with E-state index in [2.05, 4.69) is 20.4 Å². The first kappa shape index (κ1) is 24.7. The smallest absolute Gasteiger partial charge is 0.334 e. The highest BCUT2D eigenvalue weighted by Gasteiger charge is 2.41. The Morgan fingerprint density at radius 1 is 1.00 bits per heavy atom. The molecule has 4 amide bonds. The van der Waals surface area contributed by atoms with E-state index in [-0.39, 0.29) is 56.6 Å². The van der Waals surface area contributed by atoms with Gasteiger partial charge in [0.15, 0.2) is 0 Å².